The van der Waals surface area contributed by atoms with Crippen LogP contribution >= 0.6 is 11.3 Å². The fourth-order valence-electron chi connectivity index (χ4n) is 1.69. The summed E-state index contributed by atoms with van der Waals surface area (Å²) in [6.07, 6.45) is 0. The minimum atomic E-state index is -1.14. The molecule has 1 aromatic heterocycles. The van der Waals surface area contributed by atoms with Gasteiger partial charge in [-0.05, 0) is 18.1 Å². The molecular weight excluding hydrogens is 272 g/mol. The second kappa shape index (κ2) is 5.05. The Hall–Kier alpha value is -1.82. The van der Waals surface area contributed by atoms with Gasteiger partial charge < -0.3 is 5.11 Å². The zero-order valence-electron chi connectivity index (χ0n) is 10.3. The predicted octanol–water partition coefficient (Wildman–Crippen LogP) is 3.91. The second-order valence-corrected chi connectivity index (χ2v) is 5.29. The molecule has 1 N–H and O–H groups in total. The molecule has 0 unspecified atom stereocenters. The van der Waals surface area contributed by atoms with E-state index in [1.54, 1.807) is 13.8 Å². The SMILES string of the molecule is CC(C)c1nc(-c2c(F)cccc2F)sc1C(=O)O. The summed E-state index contributed by atoms with van der Waals surface area (Å²) >= 11 is 0.787. The summed E-state index contributed by atoms with van der Waals surface area (Å²) in [5, 5.41) is 9.15. The summed E-state index contributed by atoms with van der Waals surface area (Å²) in [5.74, 6) is -2.77. The fourth-order valence-corrected chi connectivity index (χ4v) is 2.79. The third kappa shape index (κ3) is 2.49. The lowest BCUT2D eigenvalue weighted by molar-refractivity contribution is 0.0700. The number of carboxylic acid groups (broad SMARTS) is 1. The highest BCUT2D eigenvalue weighted by molar-refractivity contribution is 7.17. The van der Waals surface area contributed by atoms with E-state index < -0.39 is 17.6 Å². The van der Waals surface area contributed by atoms with Crippen LogP contribution in [0.5, 0.6) is 0 Å². The lowest BCUT2D eigenvalue weighted by atomic mass is 10.1. The molecule has 1 heterocycles. The third-order valence-corrected chi connectivity index (χ3v) is 3.65. The minimum absolute atomic E-state index is 0.0210. The smallest absolute Gasteiger partial charge is 0.347 e. The Morgan fingerprint density at radius 3 is 2.32 bits per heavy atom. The van der Waals surface area contributed by atoms with Gasteiger partial charge in [-0.3, -0.25) is 0 Å². The Labute approximate surface area is 112 Å². The molecule has 2 rings (SSSR count). The molecule has 0 amide bonds. The Morgan fingerprint density at radius 1 is 1.32 bits per heavy atom. The molecule has 19 heavy (non-hydrogen) atoms. The number of hydrogen-bond donors (Lipinski definition) is 1. The lowest BCUT2D eigenvalue weighted by Crippen LogP contribution is -2.00. The number of rotatable bonds is 3. The Balaban J connectivity index is 2.64. The molecule has 0 aliphatic rings. The fraction of sp³-hybridized carbons (Fsp3) is 0.231. The van der Waals surface area contributed by atoms with Gasteiger partial charge in [-0.1, -0.05) is 19.9 Å². The van der Waals surface area contributed by atoms with Crippen LogP contribution in [-0.4, -0.2) is 16.1 Å². The minimum Gasteiger partial charge on any atom is -0.477 e. The zero-order chi connectivity index (χ0) is 14.2. The van der Waals surface area contributed by atoms with E-state index >= 15 is 0 Å². The van der Waals surface area contributed by atoms with Gasteiger partial charge in [-0.2, -0.15) is 0 Å². The predicted molar refractivity (Wildman–Crippen MR) is 68.5 cm³/mol. The van der Waals surface area contributed by atoms with E-state index in [0.717, 1.165) is 23.5 Å². The molecule has 2 aromatic rings. The second-order valence-electron chi connectivity index (χ2n) is 4.29. The number of carboxylic acids is 1. The normalized spacial score (nSPS) is 11.0. The van der Waals surface area contributed by atoms with E-state index in [9.17, 15) is 13.6 Å². The summed E-state index contributed by atoms with van der Waals surface area (Å²) in [5.41, 5.74) is 0.0667. The standard InChI is InChI=1S/C13H11F2NO2S/c1-6(2)10-11(13(17)18)19-12(16-10)9-7(14)4-3-5-8(9)15/h3-6H,1-2H3,(H,17,18). The monoisotopic (exact) mass is 283 g/mol. The molecule has 0 atom stereocenters. The Bertz CT molecular complexity index is 617. The summed E-state index contributed by atoms with van der Waals surface area (Å²) < 4.78 is 27.3. The maximum absolute atomic E-state index is 13.7. The molecule has 0 fully saturated rings. The maximum atomic E-state index is 13.7. The highest BCUT2D eigenvalue weighted by Crippen LogP contribution is 2.34. The molecular formula is C13H11F2NO2S. The van der Waals surface area contributed by atoms with Crippen molar-refractivity contribution in [3.05, 3.63) is 40.4 Å². The molecule has 0 saturated heterocycles. The van der Waals surface area contributed by atoms with E-state index in [4.69, 9.17) is 5.11 Å². The van der Waals surface area contributed by atoms with Crippen molar-refractivity contribution in [3.63, 3.8) is 0 Å². The average Bonchev–Trinajstić information content (AvgIpc) is 2.73. The molecule has 0 aliphatic carbocycles. The van der Waals surface area contributed by atoms with Crippen LogP contribution in [0.4, 0.5) is 8.78 Å². The number of halogens is 2. The van der Waals surface area contributed by atoms with Crippen LogP contribution in [0, 0.1) is 11.6 Å². The van der Waals surface area contributed by atoms with Crippen LogP contribution in [0.15, 0.2) is 18.2 Å². The van der Waals surface area contributed by atoms with Crippen LogP contribution in [0.1, 0.15) is 35.1 Å². The molecule has 3 nitrogen and oxygen atoms in total. The van der Waals surface area contributed by atoms with Crippen molar-refractivity contribution in [1.82, 2.24) is 4.98 Å². The van der Waals surface area contributed by atoms with Crippen LogP contribution in [0.2, 0.25) is 0 Å². The maximum Gasteiger partial charge on any atom is 0.347 e. The van der Waals surface area contributed by atoms with Crippen molar-refractivity contribution in [2.24, 2.45) is 0 Å². The number of thiazole rings is 1. The zero-order valence-corrected chi connectivity index (χ0v) is 11.1. The molecule has 0 spiro atoms. The van der Waals surface area contributed by atoms with E-state index in [0.29, 0.717) is 5.69 Å². The average molecular weight is 283 g/mol. The van der Waals surface area contributed by atoms with Crippen LogP contribution in [-0.2, 0) is 0 Å². The Morgan fingerprint density at radius 2 is 1.89 bits per heavy atom. The molecule has 1 aromatic carbocycles. The van der Waals surface area contributed by atoms with Gasteiger partial charge in [0.2, 0.25) is 0 Å². The van der Waals surface area contributed by atoms with Crippen LogP contribution < -0.4 is 0 Å². The number of aromatic carboxylic acids is 1. The number of benzene rings is 1. The van der Waals surface area contributed by atoms with Crippen molar-refractivity contribution in [3.8, 4) is 10.6 Å². The van der Waals surface area contributed by atoms with E-state index in [2.05, 4.69) is 4.98 Å². The summed E-state index contributed by atoms with van der Waals surface area (Å²) in [7, 11) is 0. The molecule has 0 bridgehead atoms. The quantitative estimate of drug-likeness (QED) is 0.929. The van der Waals surface area contributed by atoms with Crippen LogP contribution in [0.25, 0.3) is 10.6 Å². The van der Waals surface area contributed by atoms with Gasteiger partial charge in [0, 0.05) is 0 Å². The van der Waals surface area contributed by atoms with Crippen molar-refractivity contribution in [2.45, 2.75) is 19.8 Å². The number of hydrogen-bond acceptors (Lipinski definition) is 3. The first kappa shape index (κ1) is 13.6. The van der Waals surface area contributed by atoms with Gasteiger partial charge in [0.15, 0.2) is 0 Å². The van der Waals surface area contributed by atoms with E-state index in [1.165, 1.54) is 6.07 Å². The third-order valence-electron chi connectivity index (χ3n) is 2.57. The number of carbonyl (C=O) groups is 1. The summed E-state index contributed by atoms with van der Waals surface area (Å²) in [6, 6.07) is 3.49. The number of aromatic nitrogens is 1. The Kier molecular flexibility index (Phi) is 3.61. The van der Waals surface area contributed by atoms with Crippen molar-refractivity contribution < 1.29 is 18.7 Å². The number of nitrogens with zero attached hydrogens (tertiary/aromatic N) is 1. The topological polar surface area (TPSA) is 50.2 Å². The summed E-state index contributed by atoms with van der Waals surface area (Å²) in [6.45, 7) is 3.56. The van der Waals surface area contributed by atoms with Gasteiger partial charge in [0.1, 0.15) is 21.5 Å². The van der Waals surface area contributed by atoms with Gasteiger partial charge >= 0.3 is 5.97 Å². The van der Waals surface area contributed by atoms with Gasteiger partial charge in [0.25, 0.3) is 0 Å². The first-order valence-electron chi connectivity index (χ1n) is 5.60. The first-order chi connectivity index (χ1) is 8.91. The summed E-state index contributed by atoms with van der Waals surface area (Å²) in [4.78, 5) is 15.2. The van der Waals surface area contributed by atoms with Crippen molar-refractivity contribution in [1.29, 1.82) is 0 Å². The van der Waals surface area contributed by atoms with Crippen molar-refractivity contribution in [2.75, 3.05) is 0 Å². The van der Waals surface area contributed by atoms with Gasteiger partial charge in [-0.15, -0.1) is 11.3 Å². The van der Waals surface area contributed by atoms with Gasteiger partial charge in [-0.25, -0.2) is 18.6 Å². The first-order valence-corrected chi connectivity index (χ1v) is 6.42. The van der Waals surface area contributed by atoms with Gasteiger partial charge in [0.05, 0.1) is 11.3 Å². The highest BCUT2D eigenvalue weighted by Gasteiger charge is 2.23. The molecule has 6 heteroatoms. The molecule has 0 aliphatic heterocycles. The largest absolute Gasteiger partial charge is 0.477 e. The lowest BCUT2D eigenvalue weighted by Gasteiger charge is -2.01. The molecule has 100 valence electrons. The van der Waals surface area contributed by atoms with Crippen LogP contribution in [0.3, 0.4) is 0 Å². The van der Waals surface area contributed by atoms with Crippen molar-refractivity contribution >= 4 is 17.3 Å². The van der Waals surface area contributed by atoms with E-state index in [1.807, 2.05) is 0 Å². The van der Waals surface area contributed by atoms with E-state index in [-0.39, 0.29) is 21.4 Å². The molecule has 0 radical (unpaired) electrons. The highest BCUT2D eigenvalue weighted by atomic mass is 32.1. The molecule has 0 saturated carbocycles.